The van der Waals surface area contributed by atoms with Gasteiger partial charge in [-0.15, -0.1) is 0 Å². The van der Waals surface area contributed by atoms with Gasteiger partial charge in [0.05, 0.1) is 16.0 Å². The zero-order valence-corrected chi connectivity index (χ0v) is 18.2. The van der Waals surface area contributed by atoms with E-state index in [1.54, 1.807) is 6.07 Å². The largest absolute Gasteiger partial charge is 0.481 e. The normalized spacial score (nSPS) is 12.2. The van der Waals surface area contributed by atoms with Gasteiger partial charge in [-0.3, -0.25) is 4.79 Å². The number of aryl methyl sites for hydroxylation is 1. The van der Waals surface area contributed by atoms with Crippen LogP contribution in [0.5, 0.6) is 0 Å². The Kier molecular flexibility index (Phi) is 5.94. The van der Waals surface area contributed by atoms with E-state index in [0.717, 1.165) is 28.2 Å². The number of alkyl halides is 3. The summed E-state index contributed by atoms with van der Waals surface area (Å²) in [5.74, 6) is -1.67. The smallest absolute Gasteiger partial charge is 0.416 e. The second-order valence-electron chi connectivity index (χ2n) is 7.61. The molecule has 1 heterocycles. The molecule has 34 heavy (non-hydrogen) atoms. The minimum absolute atomic E-state index is 0.00337. The monoisotopic (exact) mass is 491 g/mol. The average Bonchev–Trinajstić information content (AvgIpc) is 3.16. The number of aromatic nitrogens is 1. The van der Waals surface area contributed by atoms with Crippen LogP contribution in [0.25, 0.3) is 22.0 Å². The Labute approximate surface area is 191 Å². The molecular weight excluding hydrogens is 474 g/mol. The maximum atomic E-state index is 13.8. The lowest BCUT2D eigenvalue weighted by Crippen LogP contribution is -2.12. The van der Waals surface area contributed by atoms with Crippen molar-refractivity contribution in [3.63, 3.8) is 0 Å². The van der Waals surface area contributed by atoms with Gasteiger partial charge < -0.3 is 5.11 Å². The van der Waals surface area contributed by atoms with Gasteiger partial charge in [-0.25, -0.2) is 16.8 Å². The fraction of sp³-hybridized carbons (Fsp3) is 0.125. The van der Waals surface area contributed by atoms with Gasteiger partial charge in [-0.05, 0) is 65.6 Å². The van der Waals surface area contributed by atoms with Crippen LogP contribution >= 0.6 is 0 Å². The predicted octanol–water partition coefficient (Wildman–Crippen LogP) is 5.72. The summed E-state index contributed by atoms with van der Waals surface area (Å²) in [6.45, 7) is 0. The maximum absolute atomic E-state index is 13.8. The molecule has 0 aliphatic heterocycles. The zero-order valence-electron chi connectivity index (χ0n) is 17.4. The van der Waals surface area contributed by atoms with Crippen molar-refractivity contribution >= 4 is 26.9 Å². The molecule has 176 valence electrons. The Morgan fingerprint density at radius 1 is 0.941 bits per heavy atom. The second kappa shape index (κ2) is 8.60. The van der Waals surface area contributed by atoms with Crippen molar-refractivity contribution in [3.8, 4) is 11.1 Å². The van der Waals surface area contributed by atoms with Crippen molar-refractivity contribution in [2.24, 2.45) is 0 Å². The number of benzene rings is 3. The highest BCUT2D eigenvalue weighted by Gasteiger charge is 2.30. The van der Waals surface area contributed by atoms with Crippen molar-refractivity contribution in [1.82, 2.24) is 3.97 Å². The predicted molar refractivity (Wildman–Crippen MR) is 117 cm³/mol. The van der Waals surface area contributed by atoms with Crippen molar-refractivity contribution in [2.45, 2.75) is 23.9 Å². The molecule has 0 amide bonds. The summed E-state index contributed by atoms with van der Waals surface area (Å²) >= 11 is 0. The maximum Gasteiger partial charge on any atom is 0.416 e. The standard InChI is InChI=1S/C24H17F4NO4S/c25-19-9-10-22-21(13-19)17(6-11-23(30)31)14-29(22)34(32,33)20-3-1-2-16(12-20)15-4-7-18(8-5-15)24(26,27)28/h1-5,7-10,12-14H,6,11H2,(H,30,31). The number of nitrogens with zero attached hydrogens (tertiary/aromatic N) is 1. The van der Waals surface area contributed by atoms with Gasteiger partial charge in [0, 0.05) is 18.0 Å². The van der Waals surface area contributed by atoms with E-state index in [1.165, 1.54) is 42.6 Å². The third-order valence-corrected chi connectivity index (χ3v) is 7.03. The molecule has 4 rings (SSSR count). The summed E-state index contributed by atoms with van der Waals surface area (Å²) in [6.07, 6.45) is -3.48. The molecule has 0 aliphatic rings. The van der Waals surface area contributed by atoms with E-state index in [9.17, 15) is 30.8 Å². The summed E-state index contributed by atoms with van der Waals surface area (Å²) in [5, 5.41) is 9.27. The van der Waals surface area contributed by atoms with Crippen molar-refractivity contribution in [1.29, 1.82) is 0 Å². The molecule has 5 nitrogen and oxygen atoms in total. The number of rotatable bonds is 6. The number of carboxylic acid groups (broad SMARTS) is 1. The van der Waals surface area contributed by atoms with E-state index in [0.29, 0.717) is 16.7 Å². The topological polar surface area (TPSA) is 76.4 Å². The highest BCUT2D eigenvalue weighted by atomic mass is 32.2. The van der Waals surface area contributed by atoms with Crippen LogP contribution in [0.4, 0.5) is 17.6 Å². The van der Waals surface area contributed by atoms with Gasteiger partial charge in [0.2, 0.25) is 0 Å². The molecule has 0 radical (unpaired) electrons. The molecule has 4 aromatic rings. The fourth-order valence-electron chi connectivity index (χ4n) is 3.68. The first-order valence-corrected chi connectivity index (χ1v) is 11.5. The first-order chi connectivity index (χ1) is 16.0. The number of fused-ring (bicyclic) bond motifs is 1. The summed E-state index contributed by atoms with van der Waals surface area (Å²) < 4.78 is 80.3. The molecule has 0 unspecified atom stereocenters. The third-order valence-electron chi connectivity index (χ3n) is 5.36. The van der Waals surface area contributed by atoms with Crippen molar-refractivity contribution < 1.29 is 35.9 Å². The molecule has 0 atom stereocenters. The second-order valence-corrected chi connectivity index (χ2v) is 9.43. The lowest BCUT2D eigenvalue weighted by atomic mass is 10.0. The van der Waals surface area contributed by atoms with Crippen LogP contribution in [-0.4, -0.2) is 23.5 Å². The third kappa shape index (κ3) is 4.54. The number of halogens is 4. The van der Waals surface area contributed by atoms with Gasteiger partial charge in [0.25, 0.3) is 10.0 Å². The first-order valence-electron chi connectivity index (χ1n) is 10.0. The summed E-state index contributed by atoms with van der Waals surface area (Å²) in [4.78, 5) is 10.9. The number of hydrogen-bond donors (Lipinski definition) is 1. The Morgan fingerprint density at radius 3 is 2.29 bits per heavy atom. The zero-order chi connectivity index (χ0) is 24.7. The Hall–Kier alpha value is -3.66. The van der Waals surface area contributed by atoms with E-state index >= 15 is 0 Å². The number of aliphatic carboxylic acids is 1. The van der Waals surface area contributed by atoms with Crippen molar-refractivity contribution in [3.05, 3.63) is 89.9 Å². The van der Waals surface area contributed by atoms with Crippen LogP contribution in [0.2, 0.25) is 0 Å². The van der Waals surface area contributed by atoms with E-state index in [1.807, 2.05) is 0 Å². The first kappa shape index (κ1) is 23.5. The molecule has 0 saturated carbocycles. The molecule has 0 saturated heterocycles. The van der Waals surface area contributed by atoms with Gasteiger partial charge in [-0.2, -0.15) is 13.2 Å². The van der Waals surface area contributed by atoms with Crippen molar-refractivity contribution in [2.75, 3.05) is 0 Å². The SMILES string of the molecule is O=C(O)CCc1cn(S(=O)(=O)c2cccc(-c3ccc(C(F)(F)F)cc3)c2)c2ccc(F)cc12. The Balaban J connectivity index is 1.78. The fourth-order valence-corrected chi connectivity index (χ4v) is 5.12. The summed E-state index contributed by atoms with van der Waals surface area (Å²) in [5.41, 5.74) is 0.510. The highest BCUT2D eigenvalue weighted by molar-refractivity contribution is 7.90. The van der Waals surface area contributed by atoms with E-state index in [-0.39, 0.29) is 28.6 Å². The van der Waals surface area contributed by atoms with E-state index < -0.39 is 33.5 Å². The summed E-state index contributed by atoms with van der Waals surface area (Å²) in [6, 6.07) is 13.6. The minimum atomic E-state index is -4.49. The Bertz CT molecular complexity index is 1490. The number of carbonyl (C=O) groups is 1. The molecule has 1 aromatic heterocycles. The van der Waals surface area contributed by atoms with Crippen LogP contribution in [0.15, 0.2) is 77.8 Å². The van der Waals surface area contributed by atoms with Gasteiger partial charge in [0.15, 0.2) is 0 Å². The Morgan fingerprint density at radius 2 is 1.65 bits per heavy atom. The molecule has 0 bridgehead atoms. The molecule has 0 aliphatic carbocycles. The number of hydrogen-bond acceptors (Lipinski definition) is 3. The molecule has 3 aromatic carbocycles. The van der Waals surface area contributed by atoms with E-state index in [2.05, 4.69) is 0 Å². The lowest BCUT2D eigenvalue weighted by Gasteiger charge is -2.11. The van der Waals surface area contributed by atoms with Crippen LogP contribution in [0.1, 0.15) is 17.5 Å². The minimum Gasteiger partial charge on any atom is -0.481 e. The number of carboxylic acids is 1. The molecule has 1 N–H and O–H groups in total. The van der Waals surface area contributed by atoms with Crippen LogP contribution in [-0.2, 0) is 27.4 Å². The van der Waals surface area contributed by atoms with Gasteiger partial charge in [-0.1, -0.05) is 24.3 Å². The van der Waals surface area contributed by atoms with Crippen LogP contribution < -0.4 is 0 Å². The molecular formula is C24H17F4NO4S. The quantitative estimate of drug-likeness (QED) is 0.350. The average molecular weight is 491 g/mol. The molecule has 0 spiro atoms. The summed E-state index contributed by atoms with van der Waals surface area (Å²) in [7, 11) is -4.19. The molecule has 10 heteroatoms. The lowest BCUT2D eigenvalue weighted by molar-refractivity contribution is -0.138. The molecule has 0 fully saturated rings. The van der Waals surface area contributed by atoms with Gasteiger partial charge >= 0.3 is 12.1 Å². The van der Waals surface area contributed by atoms with E-state index in [4.69, 9.17) is 5.11 Å². The van der Waals surface area contributed by atoms with Gasteiger partial charge in [0.1, 0.15) is 5.82 Å². The van der Waals surface area contributed by atoms with Crippen LogP contribution in [0.3, 0.4) is 0 Å². The highest BCUT2D eigenvalue weighted by Crippen LogP contribution is 2.32. The van der Waals surface area contributed by atoms with Crippen LogP contribution in [0, 0.1) is 5.82 Å².